The molecule has 0 spiro atoms. The molecule has 0 N–H and O–H groups in total. The number of hydrogen-bond acceptors (Lipinski definition) is 5. The molecule has 6 heteroatoms. The van der Waals surface area contributed by atoms with Crippen molar-refractivity contribution in [3.8, 4) is 0 Å². The highest BCUT2D eigenvalue weighted by Gasteiger charge is 2.12. The maximum Gasteiger partial charge on any atom is 0.404 e. The van der Waals surface area contributed by atoms with Crippen molar-refractivity contribution >= 4 is 38.6 Å². The summed E-state index contributed by atoms with van der Waals surface area (Å²) < 4.78 is 4.86. The molecule has 0 bridgehead atoms. The zero-order valence-electron chi connectivity index (χ0n) is 8.05. The number of rotatable bonds is 5. The Hall–Kier alpha value is -0.390. The molecule has 0 radical (unpaired) electrons. The number of aromatic nitrogens is 1. The Bertz CT molecular complexity index is 310. The summed E-state index contributed by atoms with van der Waals surface area (Å²) in [4.78, 5) is 14.7. The van der Waals surface area contributed by atoms with Crippen LogP contribution in [0.15, 0.2) is 29.4 Å². The van der Waals surface area contributed by atoms with Crippen molar-refractivity contribution in [3.05, 3.63) is 24.4 Å². The summed E-state index contributed by atoms with van der Waals surface area (Å²) in [5, 5.41) is 0.881. The van der Waals surface area contributed by atoms with E-state index in [0.717, 1.165) is 5.03 Å². The van der Waals surface area contributed by atoms with Crippen molar-refractivity contribution in [2.75, 3.05) is 0 Å². The molecule has 1 unspecified atom stereocenters. The highest BCUT2D eigenvalue weighted by molar-refractivity contribution is 8.76. The van der Waals surface area contributed by atoms with Crippen LogP contribution in [0.3, 0.4) is 0 Å². The van der Waals surface area contributed by atoms with Gasteiger partial charge in [0.15, 0.2) is 5.44 Å². The zero-order valence-corrected chi connectivity index (χ0v) is 10.4. The smallest absolute Gasteiger partial charge is 0.404 e. The molecule has 0 aromatic carbocycles. The van der Waals surface area contributed by atoms with E-state index in [4.69, 9.17) is 16.3 Å². The second kappa shape index (κ2) is 6.98. The quantitative estimate of drug-likeness (QED) is 0.457. The summed E-state index contributed by atoms with van der Waals surface area (Å²) in [7, 11) is 2.89. The first-order chi connectivity index (χ1) is 7.22. The average Bonchev–Trinajstić information content (AvgIpc) is 2.25. The summed E-state index contributed by atoms with van der Waals surface area (Å²) in [6, 6.07) is 5.65. The van der Waals surface area contributed by atoms with Gasteiger partial charge in [0, 0.05) is 17.8 Å². The van der Waals surface area contributed by atoms with Crippen LogP contribution < -0.4 is 0 Å². The van der Waals surface area contributed by atoms with Crippen molar-refractivity contribution in [1.82, 2.24) is 4.98 Å². The molecule has 0 aliphatic rings. The summed E-state index contributed by atoms with van der Waals surface area (Å²) in [6.07, 6.45) is 2.43. The first kappa shape index (κ1) is 12.7. The SMILES string of the molecule is CCC(OC(=O)Cl)SSc1ccccn1. The Morgan fingerprint density at radius 2 is 2.47 bits per heavy atom. The Morgan fingerprint density at radius 3 is 3.00 bits per heavy atom. The van der Waals surface area contributed by atoms with E-state index in [-0.39, 0.29) is 5.44 Å². The summed E-state index contributed by atoms with van der Waals surface area (Å²) in [5.74, 6) is 0. The maximum absolute atomic E-state index is 10.5. The molecule has 0 saturated carbocycles. The fourth-order valence-corrected chi connectivity index (χ4v) is 3.08. The van der Waals surface area contributed by atoms with Crippen LogP contribution in [0.25, 0.3) is 0 Å². The monoisotopic (exact) mass is 263 g/mol. The zero-order chi connectivity index (χ0) is 11.1. The maximum atomic E-state index is 10.5. The van der Waals surface area contributed by atoms with Crippen LogP contribution >= 0.6 is 33.2 Å². The Balaban J connectivity index is 2.37. The molecule has 1 aromatic heterocycles. The lowest BCUT2D eigenvalue weighted by Gasteiger charge is -2.11. The third-order valence-corrected chi connectivity index (χ3v) is 4.12. The molecule has 1 heterocycles. The predicted octanol–water partition coefficient (Wildman–Crippen LogP) is 3.93. The predicted molar refractivity (Wildman–Crippen MR) is 64.1 cm³/mol. The highest BCUT2D eigenvalue weighted by atomic mass is 35.5. The van der Waals surface area contributed by atoms with Crippen molar-refractivity contribution in [1.29, 1.82) is 0 Å². The minimum absolute atomic E-state index is 0.234. The Labute approximate surface area is 101 Å². The van der Waals surface area contributed by atoms with Crippen LogP contribution in [0.2, 0.25) is 0 Å². The fourth-order valence-electron chi connectivity index (χ4n) is 0.774. The van der Waals surface area contributed by atoms with Gasteiger partial charge in [0.1, 0.15) is 5.03 Å². The molecule has 1 atom stereocenters. The molecule has 0 aliphatic heterocycles. The largest absolute Gasteiger partial charge is 0.438 e. The van der Waals surface area contributed by atoms with Gasteiger partial charge in [-0.05, 0) is 40.1 Å². The van der Waals surface area contributed by atoms with Gasteiger partial charge in [-0.15, -0.1) is 0 Å². The van der Waals surface area contributed by atoms with Gasteiger partial charge in [0.2, 0.25) is 0 Å². The lowest BCUT2D eigenvalue weighted by atomic mass is 10.5. The molecule has 0 saturated heterocycles. The van der Waals surface area contributed by atoms with Gasteiger partial charge in [-0.3, -0.25) is 0 Å². The molecule has 1 aromatic rings. The topological polar surface area (TPSA) is 39.2 Å². The van der Waals surface area contributed by atoms with Crippen molar-refractivity contribution in [2.24, 2.45) is 0 Å². The van der Waals surface area contributed by atoms with Gasteiger partial charge in [-0.2, -0.15) is 0 Å². The second-order valence-electron chi connectivity index (χ2n) is 2.54. The number of halogens is 1. The van der Waals surface area contributed by atoms with Gasteiger partial charge in [0.05, 0.1) is 0 Å². The molecular formula is C9H10ClNO2S2. The lowest BCUT2D eigenvalue weighted by Crippen LogP contribution is -2.07. The number of carbonyl (C=O) groups is 1. The van der Waals surface area contributed by atoms with Gasteiger partial charge < -0.3 is 4.74 Å². The number of ether oxygens (including phenoxy) is 1. The van der Waals surface area contributed by atoms with E-state index < -0.39 is 5.43 Å². The van der Waals surface area contributed by atoms with Crippen LogP contribution in [0.1, 0.15) is 13.3 Å². The Kier molecular flexibility index (Phi) is 5.90. The minimum Gasteiger partial charge on any atom is -0.438 e. The van der Waals surface area contributed by atoms with Gasteiger partial charge in [-0.25, -0.2) is 9.78 Å². The van der Waals surface area contributed by atoms with E-state index in [1.54, 1.807) is 6.20 Å². The minimum atomic E-state index is -0.768. The summed E-state index contributed by atoms with van der Waals surface area (Å²) in [6.45, 7) is 1.93. The van der Waals surface area contributed by atoms with Crippen LogP contribution in [-0.4, -0.2) is 15.8 Å². The molecule has 3 nitrogen and oxygen atoms in total. The third kappa shape index (κ3) is 5.30. The van der Waals surface area contributed by atoms with E-state index >= 15 is 0 Å². The highest BCUT2D eigenvalue weighted by Crippen LogP contribution is 2.35. The lowest BCUT2D eigenvalue weighted by molar-refractivity contribution is 0.161. The van der Waals surface area contributed by atoms with E-state index in [9.17, 15) is 4.79 Å². The van der Waals surface area contributed by atoms with Gasteiger partial charge in [0.25, 0.3) is 0 Å². The van der Waals surface area contributed by atoms with E-state index in [0.29, 0.717) is 6.42 Å². The van der Waals surface area contributed by atoms with Crippen LogP contribution in [0.4, 0.5) is 4.79 Å². The van der Waals surface area contributed by atoms with Gasteiger partial charge >= 0.3 is 5.43 Å². The molecule has 82 valence electrons. The van der Waals surface area contributed by atoms with Crippen molar-refractivity contribution in [3.63, 3.8) is 0 Å². The average molecular weight is 264 g/mol. The van der Waals surface area contributed by atoms with Crippen molar-refractivity contribution < 1.29 is 9.53 Å². The third-order valence-electron chi connectivity index (χ3n) is 1.44. The Morgan fingerprint density at radius 1 is 1.67 bits per heavy atom. The second-order valence-corrected chi connectivity index (χ2v) is 5.23. The first-order valence-electron chi connectivity index (χ1n) is 4.33. The summed E-state index contributed by atoms with van der Waals surface area (Å²) in [5.41, 5.74) is -1.00. The number of pyridine rings is 1. The van der Waals surface area contributed by atoms with Crippen molar-refractivity contribution in [2.45, 2.75) is 23.8 Å². The van der Waals surface area contributed by atoms with E-state index in [1.807, 2.05) is 25.1 Å². The first-order valence-corrected chi connectivity index (χ1v) is 6.92. The number of nitrogens with zero attached hydrogens (tertiary/aromatic N) is 1. The normalized spacial score (nSPS) is 12.1. The summed E-state index contributed by atoms with van der Waals surface area (Å²) >= 11 is 5.13. The van der Waals surface area contributed by atoms with Crippen LogP contribution in [0.5, 0.6) is 0 Å². The fraction of sp³-hybridized carbons (Fsp3) is 0.333. The number of carbonyl (C=O) groups excluding carboxylic acids is 1. The molecular weight excluding hydrogens is 254 g/mol. The van der Waals surface area contributed by atoms with Gasteiger partial charge in [-0.1, -0.05) is 13.0 Å². The standard InChI is InChI=1S/C9H10ClNO2S2/c1-2-8(13-9(10)12)15-14-7-5-3-4-6-11-7/h3-6,8H,2H2,1H3. The number of hydrogen-bond donors (Lipinski definition) is 0. The molecule has 0 amide bonds. The molecule has 0 aliphatic carbocycles. The van der Waals surface area contributed by atoms with Crippen LogP contribution in [-0.2, 0) is 4.74 Å². The van der Waals surface area contributed by atoms with E-state index in [1.165, 1.54) is 21.6 Å². The molecule has 0 fully saturated rings. The van der Waals surface area contributed by atoms with E-state index in [2.05, 4.69) is 4.98 Å². The molecule has 15 heavy (non-hydrogen) atoms. The van der Waals surface area contributed by atoms with Crippen LogP contribution in [0, 0.1) is 0 Å². The molecule has 1 rings (SSSR count).